The molecule has 154 valence electrons. The van der Waals surface area contributed by atoms with Gasteiger partial charge in [-0.25, -0.2) is 12.7 Å². The minimum atomic E-state index is -3.03. The van der Waals surface area contributed by atoms with Gasteiger partial charge in [0.05, 0.1) is 5.75 Å². The van der Waals surface area contributed by atoms with Crippen LogP contribution < -0.4 is 10.6 Å². The van der Waals surface area contributed by atoms with Crippen molar-refractivity contribution in [2.75, 3.05) is 39.0 Å². The molecule has 0 radical (unpaired) electrons. The summed E-state index contributed by atoms with van der Waals surface area (Å²) >= 11 is 0. The zero-order valence-corrected chi connectivity index (χ0v) is 19.9. The maximum absolute atomic E-state index is 11.8. The number of aliphatic imine (C=N–C) groups is 1. The van der Waals surface area contributed by atoms with Gasteiger partial charge in [-0.3, -0.25) is 4.99 Å². The van der Waals surface area contributed by atoms with Crippen LogP contribution >= 0.6 is 24.0 Å². The molecule has 6 nitrogen and oxygen atoms in total. The van der Waals surface area contributed by atoms with Crippen molar-refractivity contribution >= 4 is 40.0 Å². The first-order chi connectivity index (χ1) is 12.2. The highest BCUT2D eigenvalue weighted by Crippen LogP contribution is 2.22. The largest absolute Gasteiger partial charge is 0.356 e. The van der Waals surface area contributed by atoms with E-state index >= 15 is 0 Å². The lowest BCUT2D eigenvalue weighted by atomic mass is 9.86. The van der Waals surface area contributed by atoms with E-state index in [-0.39, 0.29) is 35.1 Å². The van der Waals surface area contributed by atoms with Crippen LogP contribution in [0.4, 0.5) is 0 Å². The highest BCUT2D eigenvalue weighted by molar-refractivity contribution is 14.0. The summed E-state index contributed by atoms with van der Waals surface area (Å²) < 4.78 is 25.1. The molecule has 0 atom stereocenters. The van der Waals surface area contributed by atoms with Gasteiger partial charge in [-0.1, -0.05) is 45.0 Å². The lowest BCUT2D eigenvalue weighted by Crippen LogP contribution is -2.42. The van der Waals surface area contributed by atoms with Crippen molar-refractivity contribution in [3.05, 3.63) is 35.4 Å². The quantitative estimate of drug-likeness (QED) is 0.352. The molecule has 27 heavy (non-hydrogen) atoms. The molecule has 0 aromatic heterocycles. The molecule has 1 heterocycles. The number of nitrogens with zero attached hydrogens (tertiary/aromatic N) is 2. The number of benzene rings is 1. The minimum absolute atomic E-state index is 0. The van der Waals surface area contributed by atoms with Crippen molar-refractivity contribution in [1.29, 1.82) is 0 Å². The number of rotatable bonds is 6. The van der Waals surface area contributed by atoms with Crippen molar-refractivity contribution < 1.29 is 8.42 Å². The van der Waals surface area contributed by atoms with Gasteiger partial charge in [0.15, 0.2) is 5.96 Å². The normalized spacial score (nSPS) is 17.4. The lowest BCUT2D eigenvalue weighted by Gasteiger charge is -2.19. The van der Waals surface area contributed by atoms with E-state index in [1.54, 1.807) is 11.4 Å². The monoisotopic (exact) mass is 508 g/mol. The molecule has 1 saturated heterocycles. The Bertz CT molecular complexity index is 712. The first-order valence-electron chi connectivity index (χ1n) is 9.24. The van der Waals surface area contributed by atoms with Crippen molar-refractivity contribution in [3.63, 3.8) is 0 Å². The van der Waals surface area contributed by atoms with Crippen LogP contribution in [0.15, 0.2) is 29.3 Å². The van der Waals surface area contributed by atoms with Crippen LogP contribution in [0.1, 0.15) is 38.3 Å². The molecule has 2 N–H and O–H groups in total. The molecule has 1 aromatic rings. The van der Waals surface area contributed by atoms with Crippen molar-refractivity contribution in [3.8, 4) is 0 Å². The summed E-state index contributed by atoms with van der Waals surface area (Å²) in [7, 11) is -1.30. The summed E-state index contributed by atoms with van der Waals surface area (Å²) in [6.07, 6.45) is 1.63. The van der Waals surface area contributed by atoms with E-state index in [0.29, 0.717) is 25.6 Å². The van der Waals surface area contributed by atoms with E-state index in [1.165, 1.54) is 11.1 Å². The van der Waals surface area contributed by atoms with Crippen LogP contribution in [0, 0.1) is 0 Å². The molecule has 0 aliphatic carbocycles. The maximum Gasteiger partial charge on any atom is 0.214 e. The van der Waals surface area contributed by atoms with Gasteiger partial charge in [0.25, 0.3) is 0 Å². The molecule has 8 heteroatoms. The Hall–Kier alpha value is -0.870. The molecular formula is C19H33IN4O2S. The molecular weight excluding hydrogens is 475 g/mol. The second kappa shape index (κ2) is 10.6. The van der Waals surface area contributed by atoms with Crippen LogP contribution in [0.3, 0.4) is 0 Å². The van der Waals surface area contributed by atoms with E-state index in [2.05, 4.69) is 60.7 Å². The summed E-state index contributed by atoms with van der Waals surface area (Å²) in [5.74, 6) is 0.974. The number of nitrogens with one attached hydrogen (secondary N) is 2. The van der Waals surface area contributed by atoms with E-state index in [1.807, 2.05) is 0 Å². The van der Waals surface area contributed by atoms with Gasteiger partial charge < -0.3 is 10.6 Å². The lowest BCUT2D eigenvalue weighted by molar-refractivity contribution is 0.445. The predicted octanol–water partition coefficient (Wildman–Crippen LogP) is 2.35. The van der Waals surface area contributed by atoms with Crippen LogP contribution in [0.2, 0.25) is 0 Å². The molecule has 1 aliphatic heterocycles. The molecule has 0 amide bonds. The van der Waals surface area contributed by atoms with Crippen molar-refractivity contribution in [2.24, 2.45) is 4.99 Å². The SMILES string of the molecule is CN=C(NCCc1ccc(C(C)(C)C)cc1)NCCN1CCCS1(=O)=O.I. The number of sulfonamides is 1. The Morgan fingerprint density at radius 1 is 1.15 bits per heavy atom. The fourth-order valence-electron chi connectivity index (χ4n) is 2.96. The molecule has 1 aliphatic rings. The molecule has 1 aromatic carbocycles. The van der Waals surface area contributed by atoms with Crippen LogP contribution in [0.25, 0.3) is 0 Å². The fourth-order valence-corrected chi connectivity index (χ4v) is 4.49. The van der Waals surface area contributed by atoms with Gasteiger partial charge in [0.1, 0.15) is 0 Å². The van der Waals surface area contributed by atoms with Crippen molar-refractivity contribution in [1.82, 2.24) is 14.9 Å². The molecule has 1 fully saturated rings. The second-order valence-electron chi connectivity index (χ2n) is 7.69. The van der Waals surface area contributed by atoms with Crippen LogP contribution in [-0.2, 0) is 21.9 Å². The molecule has 0 saturated carbocycles. The van der Waals surface area contributed by atoms with Gasteiger partial charge in [-0.15, -0.1) is 24.0 Å². The fraction of sp³-hybridized carbons (Fsp3) is 0.632. The predicted molar refractivity (Wildman–Crippen MR) is 124 cm³/mol. The maximum atomic E-state index is 11.8. The summed E-state index contributed by atoms with van der Waals surface area (Å²) in [6, 6.07) is 8.74. The Morgan fingerprint density at radius 3 is 2.30 bits per heavy atom. The smallest absolute Gasteiger partial charge is 0.214 e. The van der Waals surface area contributed by atoms with Gasteiger partial charge in [-0.05, 0) is 29.4 Å². The molecule has 2 rings (SSSR count). The van der Waals surface area contributed by atoms with Gasteiger partial charge in [0, 0.05) is 33.2 Å². The average molecular weight is 508 g/mol. The minimum Gasteiger partial charge on any atom is -0.356 e. The topological polar surface area (TPSA) is 73.8 Å². The summed E-state index contributed by atoms with van der Waals surface area (Å²) in [5, 5.41) is 6.46. The van der Waals surface area contributed by atoms with Gasteiger partial charge >= 0.3 is 0 Å². The van der Waals surface area contributed by atoms with E-state index in [0.717, 1.165) is 19.4 Å². The van der Waals surface area contributed by atoms with E-state index in [9.17, 15) is 8.42 Å². The zero-order chi connectivity index (χ0) is 19.2. The van der Waals surface area contributed by atoms with Crippen LogP contribution in [0.5, 0.6) is 0 Å². The van der Waals surface area contributed by atoms with Crippen molar-refractivity contribution in [2.45, 2.75) is 39.0 Å². The Balaban J connectivity index is 0.00000364. The molecule has 0 unspecified atom stereocenters. The number of halogens is 1. The molecule has 0 bridgehead atoms. The van der Waals surface area contributed by atoms with Gasteiger partial charge in [-0.2, -0.15) is 0 Å². The van der Waals surface area contributed by atoms with E-state index < -0.39 is 10.0 Å². The summed E-state index contributed by atoms with van der Waals surface area (Å²) in [5.41, 5.74) is 2.79. The number of hydrogen-bond acceptors (Lipinski definition) is 3. The Labute approximate surface area is 181 Å². The molecule has 0 spiro atoms. The third kappa shape index (κ3) is 7.57. The summed E-state index contributed by atoms with van der Waals surface area (Å²) in [6.45, 7) is 9.08. The Kier molecular flexibility index (Phi) is 9.50. The van der Waals surface area contributed by atoms with E-state index in [4.69, 9.17) is 0 Å². The highest BCUT2D eigenvalue weighted by atomic mass is 127. The summed E-state index contributed by atoms with van der Waals surface area (Å²) in [4.78, 5) is 4.19. The zero-order valence-electron chi connectivity index (χ0n) is 16.8. The van der Waals surface area contributed by atoms with Gasteiger partial charge in [0.2, 0.25) is 10.0 Å². The first kappa shape index (κ1) is 24.2. The number of guanidine groups is 1. The first-order valence-corrected chi connectivity index (χ1v) is 10.8. The Morgan fingerprint density at radius 2 is 1.78 bits per heavy atom. The second-order valence-corrected chi connectivity index (χ2v) is 9.78. The average Bonchev–Trinajstić information content (AvgIpc) is 2.91. The van der Waals surface area contributed by atoms with Crippen LogP contribution in [-0.4, -0.2) is 57.7 Å². The third-order valence-electron chi connectivity index (χ3n) is 4.61. The standard InChI is InChI=1S/C19H32N4O2S.HI/c1-19(2,3)17-8-6-16(7-9-17)10-11-21-18(20-4)22-12-14-23-13-5-15-26(23,24)25;/h6-9H,5,10-15H2,1-4H3,(H2,20,21,22);1H. The highest BCUT2D eigenvalue weighted by Gasteiger charge is 2.27. The third-order valence-corrected chi connectivity index (χ3v) is 6.56. The number of hydrogen-bond donors (Lipinski definition) is 2.